The summed E-state index contributed by atoms with van der Waals surface area (Å²) < 4.78 is 25.4. The number of hydrogen-bond acceptors (Lipinski definition) is 3. The highest BCUT2D eigenvalue weighted by atomic mass is 19.3. The van der Waals surface area contributed by atoms with E-state index in [2.05, 4.69) is 9.97 Å². The summed E-state index contributed by atoms with van der Waals surface area (Å²) in [6, 6.07) is 1.18. The van der Waals surface area contributed by atoms with Crippen molar-refractivity contribution in [2.75, 3.05) is 6.54 Å². The average Bonchev–Trinajstić information content (AvgIpc) is 2.66. The lowest BCUT2D eigenvalue weighted by atomic mass is 10.2. The van der Waals surface area contributed by atoms with E-state index in [1.807, 2.05) is 4.90 Å². The summed E-state index contributed by atoms with van der Waals surface area (Å²) in [5.74, 6) is 0.685. The van der Waals surface area contributed by atoms with Crippen LogP contribution in [0.25, 0.3) is 0 Å². The zero-order chi connectivity index (χ0) is 11.5. The van der Waals surface area contributed by atoms with Gasteiger partial charge in [-0.3, -0.25) is 4.90 Å². The van der Waals surface area contributed by atoms with Gasteiger partial charge in [-0.25, -0.2) is 18.7 Å². The second-order valence-corrected chi connectivity index (χ2v) is 4.11. The topological polar surface area (TPSA) is 29.0 Å². The van der Waals surface area contributed by atoms with E-state index in [9.17, 15) is 8.78 Å². The zero-order valence-electron chi connectivity index (χ0n) is 9.24. The lowest BCUT2D eigenvalue weighted by Gasteiger charge is -2.23. The highest BCUT2D eigenvalue weighted by molar-refractivity contribution is 5.02. The Labute approximate surface area is 93.5 Å². The van der Waals surface area contributed by atoms with Crippen molar-refractivity contribution in [2.45, 2.75) is 38.8 Å². The molecule has 0 aliphatic carbocycles. The monoisotopic (exact) mass is 227 g/mol. The Hall–Kier alpha value is -1.10. The predicted molar refractivity (Wildman–Crippen MR) is 56.2 cm³/mol. The van der Waals surface area contributed by atoms with Gasteiger partial charge in [-0.2, -0.15) is 0 Å². The minimum absolute atomic E-state index is 0.498. The van der Waals surface area contributed by atoms with E-state index in [-0.39, 0.29) is 0 Å². The molecule has 5 heteroatoms. The van der Waals surface area contributed by atoms with E-state index in [0.717, 1.165) is 18.7 Å². The van der Waals surface area contributed by atoms with Crippen molar-refractivity contribution in [3.8, 4) is 0 Å². The summed E-state index contributed by atoms with van der Waals surface area (Å²) >= 11 is 0. The number of aromatic nitrogens is 2. The van der Waals surface area contributed by atoms with Crippen LogP contribution < -0.4 is 0 Å². The van der Waals surface area contributed by atoms with Gasteiger partial charge in [0.05, 0.1) is 11.7 Å². The number of alkyl halides is 2. The van der Waals surface area contributed by atoms with Crippen LogP contribution in [0.5, 0.6) is 0 Å². The van der Waals surface area contributed by atoms with E-state index < -0.39 is 12.5 Å². The standard InChI is InChI=1S/C11H15F2N3/c1-8-14-5-4-9(15-8)7-16-6-2-3-10(16)11(12)13/h4-5,10-11H,2-3,6-7H2,1H3/t10-/m1/s1. The summed E-state index contributed by atoms with van der Waals surface area (Å²) in [6.07, 6.45) is 0.844. The van der Waals surface area contributed by atoms with Gasteiger partial charge in [-0.05, 0) is 32.4 Å². The molecule has 1 aliphatic heterocycles. The van der Waals surface area contributed by atoms with Crippen molar-refractivity contribution < 1.29 is 8.78 Å². The molecule has 0 spiro atoms. The Morgan fingerprint density at radius 2 is 2.38 bits per heavy atom. The van der Waals surface area contributed by atoms with Crippen LogP contribution in [0.4, 0.5) is 8.78 Å². The number of halogens is 2. The first-order valence-electron chi connectivity index (χ1n) is 5.47. The predicted octanol–water partition coefficient (Wildman–Crippen LogP) is 2.01. The zero-order valence-corrected chi connectivity index (χ0v) is 9.24. The van der Waals surface area contributed by atoms with E-state index in [0.29, 0.717) is 18.8 Å². The fourth-order valence-electron chi connectivity index (χ4n) is 2.13. The molecule has 0 aromatic carbocycles. The summed E-state index contributed by atoms with van der Waals surface area (Å²) in [6.45, 7) is 3.04. The normalized spacial score (nSPS) is 21.9. The second-order valence-electron chi connectivity index (χ2n) is 4.11. The molecule has 16 heavy (non-hydrogen) atoms. The molecule has 0 amide bonds. The third-order valence-corrected chi connectivity index (χ3v) is 2.90. The van der Waals surface area contributed by atoms with Crippen LogP contribution in [0.2, 0.25) is 0 Å². The maximum atomic E-state index is 12.7. The third-order valence-electron chi connectivity index (χ3n) is 2.90. The molecule has 1 aromatic rings. The van der Waals surface area contributed by atoms with Crippen molar-refractivity contribution >= 4 is 0 Å². The molecule has 2 rings (SSSR count). The number of aryl methyl sites for hydroxylation is 1. The van der Waals surface area contributed by atoms with Gasteiger partial charge in [-0.1, -0.05) is 0 Å². The fourth-order valence-corrected chi connectivity index (χ4v) is 2.13. The van der Waals surface area contributed by atoms with E-state index in [1.165, 1.54) is 0 Å². The second kappa shape index (κ2) is 4.82. The molecule has 1 atom stereocenters. The van der Waals surface area contributed by atoms with Crippen LogP contribution in [-0.4, -0.2) is 33.9 Å². The number of likely N-dealkylation sites (tertiary alicyclic amines) is 1. The van der Waals surface area contributed by atoms with Gasteiger partial charge in [0.25, 0.3) is 6.43 Å². The van der Waals surface area contributed by atoms with Gasteiger partial charge in [0.1, 0.15) is 5.82 Å². The minimum atomic E-state index is -2.26. The summed E-state index contributed by atoms with van der Waals surface area (Å²) in [7, 11) is 0. The number of nitrogens with zero attached hydrogens (tertiary/aromatic N) is 3. The van der Waals surface area contributed by atoms with Gasteiger partial charge in [-0.15, -0.1) is 0 Å². The third kappa shape index (κ3) is 2.52. The molecule has 1 aromatic heterocycles. The molecule has 1 fully saturated rings. The Balaban J connectivity index is 2.04. The molecule has 88 valence electrons. The molecular formula is C11H15F2N3. The molecule has 3 nitrogen and oxygen atoms in total. The highest BCUT2D eigenvalue weighted by Gasteiger charge is 2.31. The Kier molecular flexibility index (Phi) is 3.43. The molecule has 0 unspecified atom stereocenters. The lowest BCUT2D eigenvalue weighted by Crippen LogP contribution is -2.34. The first kappa shape index (κ1) is 11.4. The van der Waals surface area contributed by atoms with Crippen molar-refractivity contribution in [2.24, 2.45) is 0 Å². The van der Waals surface area contributed by atoms with Crippen LogP contribution in [0, 0.1) is 6.92 Å². The number of hydrogen-bond donors (Lipinski definition) is 0. The average molecular weight is 227 g/mol. The van der Waals surface area contributed by atoms with Crippen molar-refractivity contribution in [3.05, 3.63) is 23.8 Å². The smallest absolute Gasteiger partial charge is 0.253 e. The molecule has 0 radical (unpaired) electrons. The Morgan fingerprint density at radius 3 is 3.06 bits per heavy atom. The van der Waals surface area contributed by atoms with Crippen LogP contribution in [0.1, 0.15) is 24.4 Å². The van der Waals surface area contributed by atoms with Crippen LogP contribution in [-0.2, 0) is 6.54 Å². The quantitative estimate of drug-likeness (QED) is 0.791. The van der Waals surface area contributed by atoms with Crippen molar-refractivity contribution in [1.82, 2.24) is 14.9 Å². The highest BCUT2D eigenvalue weighted by Crippen LogP contribution is 2.24. The molecule has 2 heterocycles. The summed E-state index contributed by atoms with van der Waals surface area (Å²) in [5, 5.41) is 0. The van der Waals surface area contributed by atoms with Crippen molar-refractivity contribution in [3.63, 3.8) is 0 Å². The SMILES string of the molecule is Cc1nccc(CN2CCC[C@@H]2C(F)F)n1. The van der Waals surface area contributed by atoms with Gasteiger partial charge in [0.15, 0.2) is 0 Å². The maximum absolute atomic E-state index is 12.7. The van der Waals surface area contributed by atoms with Gasteiger partial charge in [0.2, 0.25) is 0 Å². The first-order chi connectivity index (χ1) is 7.66. The molecule has 0 N–H and O–H groups in total. The van der Waals surface area contributed by atoms with Gasteiger partial charge in [0, 0.05) is 12.7 Å². The molecular weight excluding hydrogens is 212 g/mol. The number of rotatable bonds is 3. The van der Waals surface area contributed by atoms with E-state index >= 15 is 0 Å². The Bertz CT molecular complexity index is 357. The molecule has 0 saturated carbocycles. The van der Waals surface area contributed by atoms with Crippen LogP contribution in [0.15, 0.2) is 12.3 Å². The first-order valence-corrected chi connectivity index (χ1v) is 5.47. The largest absolute Gasteiger partial charge is 0.289 e. The minimum Gasteiger partial charge on any atom is -0.289 e. The van der Waals surface area contributed by atoms with Gasteiger partial charge >= 0.3 is 0 Å². The molecule has 0 bridgehead atoms. The maximum Gasteiger partial charge on any atom is 0.253 e. The van der Waals surface area contributed by atoms with E-state index in [1.54, 1.807) is 19.2 Å². The van der Waals surface area contributed by atoms with Crippen LogP contribution in [0.3, 0.4) is 0 Å². The Morgan fingerprint density at radius 1 is 1.56 bits per heavy atom. The lowest BCUT2D eigenvalue weighted by molar-refractivity contribution is 0.0435. The summed E-state index contributed by atoms with van der Waals surface area (Å²) in [5.41, 5.74) is 0.819. The molecule has 1 saturated heterocycles. The van der Waals surface area contributed by atoms with Crippen molar-refractivity contribution in [1.29, 1.82) is 0 Å². The van der Waals surface area contributed by atoms with Crippen LogP contribution >= 0.6 is 0 Å². The van der Waals surface area contributed by atoms with E-state index in [4.69, 9.17) is 0 Å². The summed E-state index contributed by atoms with van der Waals surface area (Å²) in [4.78, 5) is 10.0. The molecule has 1 aliphatic rings. The fraction of sp³-hybridized carbons (Fsp3) is 0.636. The van der Waals surface area contributed by atoms with Gasteiger partial charge < -0.3 is 0 Å².